The molecule has 0 aliphatic carbocycles. The van der Waals surface area contributed by atoms with Crippen molar-refractivity contribution >= 4 is 23.5 Å². The van der Waals surface area contributed by atoms with E-state index >= 15 is 0 Å². The molecule has 0 saturated heterocycles. The molecule has 0 bridgehead atoms. The van der Waals surface area contributed by atoms with Gasteiger partial charge in [0.05, 0.1) is 6.61 Å². The highest BCUT2D eigenvalue weighted by Gasteiger charge is 2.13. The number of aromatic nitrogens is 4. The number of amides is 2. The molecule has 2 amide bonds. The fourth-order valence-corrected chi connectivity index (χ4v) is 4.34. The van der Waals surface area contributed by atoms with Gasteiger partial charge in [0, 0.05) is 39.1 Å². The normalized spacial score (nSPS) is 10.9. The number of rotatable bonds is 21. The number of carbonyl (C=O) groups is 2. The van der Waals surface area contributed by atoms with Gasteiger partial charge in [0.1, 0.15) is 17.7 Å². The summed E-state index contributed by atoms with van der Waals surface area (Å²) >= 11 is 0. The maximum atomic E-state index is 11.4. The Morgan fingerprint density at radius 3 is 1.91 bits per heavy atom. The van der Waals surface area contributed by atoms with Crippen molar-refractivity contribution in [2.24, 2.45) is 0 Å². The Morgan fingerprint density at radius 2 is 1.27 bits per heavy atom. The summed E-state index contributed by atoms with van der Waals surface area (Å²) in [5.41, 5.74) is 0. The van der Waals surface area contributed by atoms with E-state index in [1.54, 1.807) is 24.5 Å². The molecule has 44 heavy (non-hydrogen) atoms. The molecule has 10 heteroatoms. The molecule has 0 aromatic carbocycles. The molecule has 0 aliphatic heterocycles. The van der Waals surface area contributed by atoms with Crippen LogP contribution in [0.4, 0.5) is 11.6 Å². The molecule has 2 heterocycles. The van der Waals surface area contributed by atoms with Gasteiger partial charge in [-0.15, -0.1) is 0 Å². The number of unbranched alkanes of at least 4 members (excludes halogenated alkanes) is 10. The summed E-state index contributed by atoms with van der Waals surface area (Å²) in [4.78, 5) is 39.3. The van der Waals surface area contributed by atoms with Gasteiger partial charge in [-0.05, 0) is 62.5 Å². The lowest BCUT2D eigenvalue weighted by Gasteiger charge is -2.18. The Kier molecular flexibility index (Phi) is 19.1. The zero-order chi connectivity index (χ0) is 31.7. The second-order valence-electron chi connectivity index (χ2n) is 10.6. The lowest BCUT2D eigenvalue weighted by Crippen LogP contribution is -2.18. The van der Waals surface area contributed by atoms with Crippen LogP contribution in [-0.4, -0.2) is 44.5 Å². The molecular weight excluding hydrogens is 556 g/mol. The standard InChI is InChI=1S/C34H48N6O4/c1-4-5-6-7-8-12-15-18-21-30(44-34-36-26-24-32(40-34)38-29(3)42)22-19-16-13-10-9-11-14-17-20-27-43-33-35-25-23-31(39-33)37-28(2)41/h23-26,30H,4-8,12,14-22,27H2,1-3H3,(H,35,37,39,41)(H,36,38,40,42). The Bertz CT molecular complexity index is 1250. The van der Waals surface area contributed by atoms with Crippen LogP contribution >= 0.6 is 0 Å². The summed E-state index contributed by atoms with van der Waals surface area (Å²) in [5, 5.41) is 5.28. The van der Waals surface area contributed by atoms with Crippen molar-refractivity contribution in [1.29, 1.82) is 0 Å². The first kappa shape index (κ1) is 36.0. The Balaban J connectivity index is 1.69. The predicted molar refractivity (Wildman–Crippen MR) is 173 cm³/mol. The van der Waals surface area contributed by atoms with E-state index in [4.69, 9.17) is 9.47 Å². The van der Waals surface area contributed by atoms with Crippen LogP contribution < -0.4 is 20.1 Å². The minimum Gasteiger partial charge on any atom is -0.463 e. The van der Waals surface area contributed by atoms with Crippen molar-refractivity contribution in [1.82, 2.24) is 19.9 Å². The predicted octanol–water partition coefficient (Wildman–Crippen LogP) is 6.89. The van der Waals surface area contributed by atoms with E-state index in [0.717, 1.165) is 51.4 Å². The lowest BCUT2D eigenvalue weighted by atomic mass is 10.0. The molecule has 238 valence electrons. The largest absolute Gasteiger partial charge is 0.463 e. The van der Waals surface area contributed by atoms with Gasteiger partial charge < -0.3 is 20.1 Å². The van der Waals surface area contributed by atoms with E-state index in [2.05, 4.69) is 61.2 Å². The molecular formula is C34H48N6O4. The van der Waals surface area contributed by atoms with Gasteiger partial charge in [-0.2, -0.15) is 9.97 Å². The topological polar surface area (TPSA) is 128 Å². The van der Waals surface area contributed by atoms with E-state index in [0.29, 0.717) is 18.2 Å². The van der Waals surface area contributed by atoms with Gasteiger partial charge in [-0.3, -0.25) is 9.59 Å². The number of hydrogen-bond acceptors (Lipinski definition) is 8. The van der Waals surface area contributed by atoms with Gasteiger partial charge in [0.15, 0.2) is 0 Å². The molecule has 0 fully saturated rings. The van der Waals surface area contributed by atoms with Crippen molar-refractivity contribution in [3.63, 3.8) is 0 Å². The average molecular weight is 605 g/mol. The molecule has 2 aromatic rings. The summed E-state index contributed by atoms with van der Waals surface area (Å²) < 4.78 is 11.7. The zero-order valence-corrected chi connectivity index (χ0v) is 26.6. The SMILES string of the molecule is CCCCCCCCCCC(CCCC#CC#CCCCCOc1nccc(NC(C)=O)n1)Oc1nccc(NC(C)=O)n1. The van der Waals surface area contributed by atoms with Crippen molar-refractivity contribution < 1.29 is 19.1 Å². The number of carbonyl (C=O) groups excluding carboxylic acids is 2. The molecule has 10 nitrogen and oxygen atoms in total. The van der Waals surface area contributed by atoms with Crippen LogP contribution in [0, 0.1) is 23.7 Å². The molecule has 0 saturated carbocycles. The quantitative estimate of drug-likeness (QED) is 0.116. The third kappa shape index (κ3) is 18.4. The molecule has 2 aromatic heterocycles. The fourth-order valence-electron chi connectivity index (χ4n) is 4.34. The first-order chi connectivity index (χ1) is 21.5. The molecule has 2 N–H and O–H groups in total. The minimum absolute atomic E-state index is 0.00366. The van der Waals surface area contributed by atoms with Gasteiger partial charge in [0.25, 0.3) is 0 Å². The van der Waals surface area contributed by atoms with Crippen molar-refractivity contribution in [2.45, 2.75) is 123 Å². The molecule has 0 aliphatic rings. The van der Waals surface area contributed by atoms with E-state index in [-0.39, 0.29) is 29.9 Å². The second kappa shape index (κ2) is 23.3. The van der Waals surface area contributed by atoms with Gasteiger partial charge in [-0.1, -0.05) is 63.7 Å². The van der Waals surface area contributed by atoms with Crippen LogP contribution in [0.25, 0.3) is 0 Å². The van der Waals surface area contributed by atoms with E-state index in [1.807, 2.05) is 0 Å². The Morgan fingerprint density at radius 1 is 0.727 bits per heavy atom. The molecule has 2 rings (SSSR count). The average Bonchev–Trinajstić information content (AvgIpc) is 2.98. The fraction of sp³-hybridized carbons (Fsp3) is 0.588. The first-order valence-corrected chi connectivity index (χ1v) is 15.9. The van der Waals surface area contributed by atoms with Crippen LogP contribution in [0.1, 0.15) is 117 Å². The van der Waals surface area contributed by atoms with Crippen molar-refractivity contribution in [3.8, 4) is 35.7 Å². The van der Waals surface area contributed by atoms with Crippen LogP contribution in [0.2, 0.25) is 0 Å². The maximum absolute atomic E-state index is 11.4. The van der Waals surface area contributed by atoms with E-state index < -0.39 is 0 Å². The first-order valence-electron chi connectivity index (χ1n) is 15.9. The number of hydrogen-bond donors (Lipinski definition) is 2. The smallest absolute Gasteiger partial charge is 0.318 e. The highest BCUT2D eigenvalue weighted by molar-refractivity contribution is 5.87. The van der Waals surface area contributed by atoms with Crippen LogP contribution in [0.3, 0.4) is 0 Å². The zero-order valence-electron chi connectivity index (χ0n) is 26.6. The maximum Gasteiger partial charge on any atom is 0.318 e. The molecule has 0 radical (unpaired) electrons. The third-order valence-electron chi connectivity index (χ3n) is 6.52. The highest BCUT2D eigenvalue weighted by atomic mass is 16.5. The van der Waals surface area contributed by atoms with Crippen molar-refractivity contribution in [2.75, 3.05) is 17.2 Å². The summed E-state index contributed by atoms with van der Waals surface area (Å²) in [7, 11) is 0. The van der Waals surface area contributed by atoms with Gasteiger partial charge in [0.2, 0.25) is 11.8 Å². The highest BCUT2D eigenvalue weighted by Crippen LogP contribution is 2.18. The molecule has 0 spiro atoms. The summed E-state index contributed by atoms with van der Waals surface area (Å²) in [6.45, 7) is 5.59. The number of nitrogens with zero attached hydrogens (tertiary/aromatic N) is 4. The van der Waals surface area contributed by atoms with E-state index in [9.17, 15) is 9.59 Å². The van der Waals surface area contributed by atoms with Crippen molar-refractivity contribution in [3.05, 3.63) is 24.5 Å². The Labute approximate surface area is 263 Å². The monoisotopic (exact) mass is 604 g/mol. The second-order valence-corrected chi connectivity index (χ2v) is 10.6. The summed E-state index contributed by atoms with van der Waals surface area (Å²) in [6, 6.07) is 3.79. The number of ether oxygens (including phenoxy) is 2. The lowest BCUT2D eigenvalue weighted by molar-refractivity contribution is -0.115. The molecule has 1 atom stereocenters. The van der Waals surface area contributed by atoms with Crippen LogP contribution in [0.5, 0.6) is 12.0 Å². The van der Waals surface area contributed by atoms with Crippen LogP contribution in [0.15, 0.2) is 24.5 Å². The number of nitrogens with one attached hydrogen (secondary N) is 2. The number of anilines is 2. The van der Waals surface area contributed by atoms with E-state index in [1.165, 1.54) is 58.8 Å². The molecule has 1 unspecified atom stereocenters. The third-order valence-corrected chi connectivity index (χ3v) is 6.52. The van der Waals surface area contributed by atoms with Crippen LogP contribution in [-0.2, 0) is 9.59 Å². The minimum atomic E-state index is -0.193. The van der Waals surface area contributed by atoms with Gasteiger partial charge in [-0.25, -0.2) is 9.97 Å². The summed E-state index contributed by atoms with van der Waals surface area (Å²) in [6.07, 6.45) is 19.1. The summed E-state index contributed by atoms with van der Waals surface area (Å²) in [5.74, 6) is 12.6. The Hall–Kier alpha value is -4.18. The van der Waals surface area contributed by atoms with Gasteiger partial charge >= 0.3 is 12.0 Å².